The molecule has 0 fully saturated rings. The monoisotopic (exact) mass is 500 g/mol. The van der Waals surface area contributed by atoms with E-state index in [1.54, 1.807) is 26.0 Å². The maximum absolute atomic E-state index is 13.5. The van der Waals surface area contributed by atoms with E-state index in [1.807, 2.05) is 0 Å². The van der Waals surface area contributed by atoms with Crippen molar-refractivity contribution >= 4 is 33.3 Å². The zero-order chi connectivity index (χ0) is 25.6. The molecular formula is C25H25FN2O6S. The van der Waals surface area contributed by atoms with Crippen LogP contribution in [0.25, 0.3) is 0 Å². The molecule has 0 heterocycles. The summed E-state index contributed by atoms with van der Waals surface area (Å²) in [6.45, 7) is 3.02. The Hall–Kier alpha value is -3.92. The molecule has 3 aromatic rings. The highest BCUT2D eigenvalue weighted by atomic mass is 32.2. The SMILES string of the molecule is CCOC(=O)c1ccc(C)c(NC(=O)CN(c2ccc(F)cc2)S(=O)(=O)c2ccc(OC)cc2)c1. The molecule has 0 unspecified atom stereocenters. The van der Waals surface area contributed by atoms with Crippen molar-refractivity contribution < 1.29 is 31.9 Å². The molecule has 10 heteroatoms. The molecule has 3 aromatic carbocycles. The molecule has 3 rings (SSSR count). The van der Waals surface area contributed by atoms with Gasteiger partial charge in [-0.1, -0.05) is 6.07 Å². The second-order valence-corrected chi connectivity index (χ2v) is 9.32. The second kappa shape index (κ2) is 11.0. The Morgan fingerprint density at radius 3 is 2.26 bits per heavy atom. The van der Waals surface area contributed by atoms with Crippen molar-refractivity contribution in [1.29, 1.82) is 0 Å². The molecule has 0 aromatic heterocycles. The van der Waals surface area contributed by atoms with Crippen LogP contribution in [0.1, 0.15) is 22.8 Å². The smallest absolute Gasteiger partial charge is 0.338 e. The Morgan fingerprint density at radius 2 is 1.66 bits per heavy atom. The van der Waals surface area contributed by atoms with Gasteiger partial charge in [-0.05, 0) is 80.1 Å². The normalized spacial score (nSPS) is 11.0. The average molecular weight is 501 g/mol. The standard InChI is InChI=1S/C25H25FN2O6S/c1-4-34-25(30)18-6-5-17(2)23(15-18)27-24(29)16-28(20-9-7-19(26)8-10-20)35(31,32)22-13-11-21(33-3)12-14-22/h5-15H,4,16H2,1-3H3,(H,27,29). The molecule has 1 N–H and O–H groups in total. The second-order valence-electron chi connectivity index (χ2n) is 7.46. The van der Waals surface area contributed by atoms with E-state index in [0.717, 1.165) is 16.4 Å². The lowest BCUT2D eigenvalue weighted by atomic mass is 10.1. The number of hydrogen-bond donors (Lipinski definition) is 1. The minimum atomic E-state index is -4.20. The van der Waals surface area contributed by atoms with Crippen molar-refractivity contribution in [2.75, 3.05) is 29.9 Å². The predicted molar refractivity (Wildman–Crippen MR) is 130 cm³/mol. The van der Waals surface area contributed by atoms with Gasteiger partial charge in [0.05, 0.1) is 29.9 Å². The van der Waals surface area contributed by atoms with Crippen LogP contribution in [0, 0.1) is 12.7 Å². The summed E-state index contributed by atoms with van der Waals surface area (Å²) in [6, 6.07) is 15.1. The molecule has 184 valence electrons. The Morgan fingerprint density at radius 1 is 1.00 bits per heavy atom. The number of ether oxygens (including phenoxy) is 2. The van der Waals surface area contributed by atoms with Crippen LogP contribution in [0.15, 0.2) is 71.6 Å². The quantitative estimate of drug-likeness (QED) is 0.443. The highest BCUT2D eigenvalue weighted by Crippen LogP contribution is 2.26. The number of rotatable bonds is 9. The first-order valence-corrected chi connectivity index (χ1v) is 12.1. The minimum absolute atomic E-state index is 0.0732. The highest BCUT2D eigenvalue weighted by molar-refractivity contribution is 7.92. The fourth-order valence-corrected chi connectivity index (χ4v) is 4.64. The Bertz CT molecular complexity index is 1310. The first kappa shape index (κ1) is 25.7. The summed E-state index contributed by atoms with van der Waals surface area (Å²) in [7, 11) is -2.74. The van der Waals surface area contributed by atoms with Crippen LogP contribution < -0.4 is 14.4 Å². The third-order valence-corrected chi connectivity index (χ3v) is 6.86. The van der Waals surface area contributed by atoms with E-state index in [4.69, 9.17) is 9.47 Å². The van der Waals surface area contributed by atoms with Crippen LogP contribution in [0.2, 0.25) is 0 Å². The van der Waals surface area contributed by atoms with Crippen LogP contribution in [-0.4, -0.2) is 40.6 Å². The number of benzene rings is 3. The fraction of sp³-hybridized carbons (Fsp3) is 0.200. The lowest BCUT2D eigenvalue weighted by Gasteiger charge is -2.24. The van der Waals surface area contributed by atoms with E-state index in [-0.39, 0.29) is 22.8 Å². The molecule has 0 aliphatic heterocycles. The molecule has 0 bridgehead atoms. The summed E-state index contributed by atoms with van der Waals surface area (Å²) >= 11 is 0. The van der Waals surface area contributed by atoms with Gasteiger partial charge in [-0.3, -0.25) is 9.10 Å². The van der Waals surface area contributed by atoms with Crippen LogP contribution in [0.4, 0.5) is 15.8 Å². The molecule has 0 saturated heterocycles. The van der Waals surface area contributed by atoms with E-state index >= 15 is 0 Å². The predicted octanol–water partition coefficient (Wildman–Crippen LogP) is 4.15. The molecule has 35 heavy (non-hydrogen) atoms. The number of sulfonamides is 1. The number of carbonyl (C=O) groups excluding carboxylic acids is 2. The minimum Gasteiger partial charge on any atom is -0.497 e. The number of carbonyl (C=O) groups is 2. The molecule has 1 amide bonds. The maximum atomic E-state index is 13.5. The molecule has 0 spiro atoms. The van der Waals surface area contributed by atoms with Gasteiger partial charge in [-0.15, -0.1) is 0 Å². The van der Waals surface area contributed by atoms with Crippen molar-refractivity contribution in [2.24, 2.45) is 0 Å². The number of amides is 1. The van der Waals surface area contributed by atoms with Gasteiger partial charge < -0.3 is 14.8 Å². The Kier molecular flexibility index (Phi) is 8.08. The Labute approximate surface area is 203 Å². The summed E-state index contributed by atoms with van der Waals surface area (Å²) in [5.41, 5.74) is 1.35. The first-order chi connectivity index (χ1) is 16.6. The van der Waals surface area contributed by atoms with E-state index in [9.17, 15) is 22.4 Å². The summed E-state index contributed by atoms with van der Waals surface area (Å²) in [4.78, 5) is 25.0. The van der Waals surface area contributed by atoms with Crippen LogP contribution in [0.3, 0.4) is 0 Å². The van der Waals surface area contributed by atoms with Gasteiger partial charge in [0.1, 0.15) is 18.1 Å². The number of anilines is 2. The van der Waals surface area contributed by atoms with Gasteiger partial charge >= 0.3 is 5.97 Å². The Balaban J connectivity index is 1.92. The summed E-state index contributed by atoms with van der Waals surface area (Å²) in [5, 5.41) is 2.65. The lowest BCUT2D eigenvalue weighted by molar-refractivity contribution is -0.114. The van der Waals surface area contributed by atoms with Gasteiger partial charge in [0, 0.05) is 5.69 Å². The number of esters is 1. The van der Waals surface area contributed by atoms with Gasteiger partial charge in [-0.25, -0.2) is 17.6 Å². The molecule has 0 saturated carbocycles. The van der Waals surface area contributed by atoms with Crippen molar-refractivity contribution in [1.82, 2.24) is 0 Å². The van der Waals surface area contributed by atoms with Crippen molar-refractivity contribution in [2.45, 2.75) is 18.7 Å². The average Bonchev–Trinajstić information content (AvgIpc) is 2.84. The van der Waals surface area contributed by atoms with Crippen molar-refractivity contribution in [3.05, 3.63) is 83.7 Å². The van der Waals surface area contributed by atoms with E-state index < -0.39 is 34.3 Å². The number of halogens is 1. The summed E-state index contributed by atoms with van der Waals surface area (Å²) in [5.74, 6) is -1.29. The van der Waals surface area contributed by atoms with Gasteiger partial charge in [0.15, 0.2) is 0 Å². The number of nitrogens with one attached hydrogen (secondary N) is 1. The van der Waals surface area contributed by atoms with Gasteiger partial charge in [-0.2, -0.15) is 0 Å². The third kappa shape index (κ3) is 6.15. The number of hydrogen-bond acceptors (Lipinski definition) is 6. The van der Waals surface area contributed by atoms with E-state index in [2.05, 4.69) is 5.32 Å². The summed E-state index contributed by atoms with van der Waals surface area (Å²) in [6.07, 6.45) is 0. The van der Waals surface area contributed by atoms with Gasteiger partial charge in [0.2, 0.25) is 5.91 Å². The van der Waals surface area contributed by atoms with Crippen molar-refractivity contribution in [3.63, 3.8) is 0 Å². The number of methoxy groups -OCH3 is 1. The van der Waals surface area contributed by atoms with Crippen molar-refractivity contribution in [3.8, 4) is 5.75 Å². The largest absolute Gasteiger partial charge is 0.497 e. The highest BCUT2D eigenvalue weighted by Gasteiger charge is 2.27. The summed E-state index contributed by atoms with van der Waals surface area (Å²) < 4.78 is 51.3. The fourth-order valence-electron chi connectivity index (χ4n) is 3.22. The first-order valence-electron chi connectivity index (χ1n) is 10.7. The third-order valence-electron chi connectivity index (χ3n) is 5.07. The maximum Gasteiger partial charge on any atom is 0.338 e. The molecule has 0 atom stereocenters. The van der Waals surface area contributed by atoms with Crippen LogP contribution in [-0.2, 0) is 19.6 Å². The van der Waals surface area contributed by atoms with Gasteiger partial charge in [0.25, 0.3) is 10.0 Å². The van der Waals surface area contributed by atoms with E-state index in [0.29, 0.717) is 17.0 Å². The zero-order valence-corrected chi connectivity index (χ0v) is 20.3. The topological polar surface area (TPSA) is 102 Å². The number of aryl methyl sites for hydroxylation is 1. The molecule has 0 radical (unpaired) electrons. The molecule has 0 aliphatic rings. The van der Waals surface area contributed by atoms with E-state index in [1.165, 1.54) is 49.6 Å². The zero-order valence-electron chi connectivity index (χ0n) is 19.4. The molecule has 0 aliphatic carbocycles. The van der Waals surface area contributed by atoms with Crippen LogP contribution in [0.5, 0.6) is 5.75 Å². The molecule has 8 nitrogen and oxygen atoms in total. The van der Waals surface area contributed by atoms with Crippen LogP contribution >= 0.6 is 0 Å². The molecular weight excluding hydrogens is 475 g/mol. The number of nitrogens with zero attached hydrogens (tertiary/aromatic N) is 1. The lowest BCUT2D eigenvalue weighted by Crippen LogP contribution is -2.38.